The summed E-state index contributed by atoms with van der Waals surface area (Å²) in [5, 5.41) is 2.16. The Bertz CT molecular complexity index is 1070. The van der Waals surface area contributed by atoms with Gasteiger partial charge in [0.05, 0.1) is 24.9 Å². The smallest absolute Gasteiger partial charge is 0.496 e. The second kappa shape index (κ2) is 8.91. The fourth-order valence-electron chi connectivity index (χ4n) is 4.52. The van der Waals surface area contributed by atoms with Crippen LogP contribution in [0.2, 0.25) is 13.1 Å². The molecule has 8 heteroatoms. The van der Waals surface area contributed by atoms with Crippen molar-refractivity contribution in [1.29, 1.82) is 0 Å². The molecule has 0 spiro atoms. The van der Waals surface area contributed by atoms with Gasteiger partial charge in [0, 0.05) is 10.8 Å². The number of benzene rings is 2. The lowest BCUT2D eigenvalue weighted by molar-refractivity contribution is 0.00578. The highest BCUT2D eigenvalue weighted by Crippen LogP contribution is 2.43. The summed E-state index contributed by atoms with van der Waals surface area (Å²) in [7, 11) is -1.42. The molecule has 0 atom stereocenters. The molecule has 4 rings (SSSR count). The van der Waals surface area contributed by atoms with Crippen molar-refractivity contribution in [3.05, 3.63) is 65.5 Å². The molecule has 6 nitrogen and oxygen atoms in total. The van der Waals surface area contributed by atoms with Gasteiger partial charge in [-0.05, 0) is 45.4 Å². The largest absolute Gasteiger partial charge is 0.497 e. The van der Waals surface area contributed by atoms with Crippen LogP contribution in [0.15, 0.2) is 59.9 Å². The molecular weight excluding hydrogens is 445 g/mol. The zero-order valence-electron chi connectivity index (χ0n) is 21.2. The number of methoxy groups -OCH3 is 1. The van der Waals surface area contributed by atoms with Gasteiger partial charge in [0.25, 0.3) is 0 Å². The highest BCUT2D eigenvalue weighted by atomic mass is 28.3. The third-order valence-corrected chi connectivity index (χ3v) is 10.8. The van der Waals surface area contributed by atoms with Crippen LogP contribution < -0.4 is 9.92 Å². The summed E-state index contributed by atoms with van der Waals surface area (Å²) in [5.41, 5.74) is 0.765. The standard InChI is InChI=1S/C26H34BNO5Si/c1-25(2)26(3,4)33-27(32-25)22(19-13-15-20(30-5)16-14-19)23(28-17-18-31-24(28)29)34(6,7)21-11-9-8-10-12-21/h8-16H,17-18H2,1-7H3/b23-22-. The van der Waals surface area contributed by atoms with Gasteiger partial charge in [0.15, 0.2) is 0 Å². The van der Waals surface area contributed by atoms with Crippen LogP contribution >= 0.6 is 0 Å². The van der Waals surface area contributed by atoms with Gasteiger partial charge in [-0.15, -0.1) is 0 Å². The molecule has 0 aliphatic carbocycles. The maximum Gasteiger partial charge on any atom is 0.496 e. The number of nitrogens with zero attached hydrogens (tertiary/aromatic N) is 1. The number of rotatable bonds is 6. The summed E-state index contributed by atoms with van der Waals surface area (Å²) in [6.45, 7) is 13.6. The zero-order chi connectivity index (χ0) is 24.7. The lowest BCUT2D eigenvalue weighted by Gasteiger charge is -2.35. The van der Waals surface area contributed by atoms with Crippen molar-refractivity contribution in [2.75, 3.05) is 20.3 Å². The van der Waals surface area contributed by atoms with E-state index < -0.39 is 26.4 Å². The summed E-state index contributed by atoms with van der Waals surface area (Å²) in [4.78, 5) is 14.8. The van der Waals surface area contributed by atoms with E-state index in [4.69, 9.17) is 18.8 Å². The van der Waals surface area contributed by atoms with Crippen LogP contribution in [0, 0.1) is 0 Å². The molecule has 2 heterocycles. The topological polar surface area (TPSA) is 57.2 Å². The highest BCUT2D eigenvalue weighted by molar-refractivity contribution is 6.98. The van der Waals surface area contributed by atoms with E-state index >= 15 is 0 Å². The second-order valence-electron chi connectivity index (χ2n) is 10.3. The van der Waals surface area contributed by atoms with Crippen LogP contribution in [-0.2, 0) is 14.0 Å². The summed E-state index contributed by atoms with van der Waals surface area (Å²) < 4.78 is 24.0. The molecular formula is C26H34BNO5Si. The number of cyclic esters (lactones) is 1. The second-order valence-corrected chi connectivity index (χ2v) is 14.6. The van der Waals surface area contributed by atoms with E-state index in [2.05, 4.69) is 25.2 Å². The molecule has 0 aromatic heterocycles. The molecule has 2 aliphatic heterocycles. The van der Waals surface area contributed by atoms with Crippen molar-refractivity contribution in [2.45, 2.75) is 52.0 Å². The first-order chi connectivity index (χ1) is 16.0. The van der Waals surface area contributed by atoms with Gasteiger partial charge in [-0.2, -0.15) is 0 Å². The Labute approximate surface area is 204 Å². The number of hydrogen-bond donors (Lipinski definition) is 0. The third kappa shape index (κ3) is 4.30. The van der Waals surface area contributed by atoms with E-state index in [1.54, 1.807) is 12.0 Å². The highest BCUT2D eigenvalue weighted by Gasteiger charge is 2.55. The average Bonchev–Trinajstić information content (AvgIpc) is 3.31. The minimum atomic E-state index is -2.43. The Hall–Kier alpha value is -2.55. The van der Waals surface area contributed by atoms with Crippen LogP contribution in [0.25, 0.3) is 5.47 Å². The Morgan fingerprint density at radius 3 is 2.06 bits per heavy atom. The molecule has 0 bridgehead atoms. The molecule has 2 saturated heterocycles. The van der Waals surface area contributed by atoms with Crippen molar-refractivity contribution < 1.29 is 23.6 Å². The fourth-order valence-corrected chi connectivity index (χ4v) is 7.64. The zero-order valence-corrected chi connectivity index (χ0v) is 22.2. The monoisotopic (exact) mass is 479 g/mol. The van der Waals surface area contributed by atoms with Gasteiger partial charge in [0.2, 0.25) is 0 Å². The van der Waals surface area contributed by atoms with Gasteiger partial charge in [-0.25, -0.2) is 4.79 Å². The van der Waals surface area contributed by atoms with Crippen molar-refractivity contribution in [3.63, 3.8) is 0 Å². The van der Waals surface area contributed by atoms with E-state index in [1.165, 1.54) is 5.19 Å². The first-order valence-corrected chi connectivity index (χ1v) is 14.7. The predicted octanol–water partition coefficient (Wildman–Crippen LogP) is 4.64. The first-order valence-electron chi connectivity index (χ1n) is 11.7. The molecule has 0 radical (unpaired) electrons. The Kier molecular flexibility index (Phi) is 6.44. The number of carbonyl (C=O) groups excluding carboxylic acids is 1. The lowest BCUT2D eigenvalue weighted by Crippen LogP contribution is -2.51. The molecule has 0 N–H and O–H groups in total. The summed E-state index contributed by atoms with van der Waals surface area (Å²) in [6, 6.07) is 18.3. The van der Waals surface area contributed by atoms with E-state index in [0.29, 0.717) is 13.2 Å². The molecule has 0 saturated carbocycles. The average molecular weight is 479 g/mol. The van der Waals surface area contributed by atoms with Gasteiger partial charge in [-0.1, -0.05) is 60.7 Å². The Morgan fingerprint density at radius 2 is 1.56 bits per heavy atom. The maximum absolute atomic E-state index is 13.0. The van der Waals surface area contributed by atoms with Crippen molar-refractivity contribution in [3.8, 4) is 5.75 Å². The Morgan fingerprint density at radius 1 is 0.971 bits per heavy atom. The molecule has 0 unspecified atom stereocenters. The first kappa shape index (κ1) is 24.6. The van der Waals surface area contributed by atoms with Crippen LogP contribution in [0.4, 0.5) is 4.79 Å². The predicted molar refractivity (Wildman–Crippen MR) is 138 cm³/mol. The molecule has 180 valence electrons. The van der Waals surface area contributed by atoms with Crippen LogP contribution in [-0.4, -0.2) is 57.6 Å². The summed E-state index contributed by atoms with van der Waals surface area (Å²) in [6.07, 6.45) is -0.325. The van der Waals surface area contributed by atoms with E-state index in [1.807, 2.05) is 70.2 Å². The maximum atomic E-state index is 13.0. The van der Waals surface area contributed by atoms with Crippen molar-refractivity contribution in [2.24, 2.45) is 0 Å². The van der Waals surface area contributed by atoms with E-state index in [-0.39, 0.29) is 6.09 Å². The van der Waals surface area contributed by atoms with Crippen molar-refractivity contribution in [1.82, 2.24) is 4.90 Å². The Balaban J connectivity index is 2.00. The van der Waals surface area contributed by atoms with Crippen molar-refractivity contribution >= 4 is 31.9 Å². The number of amides is 1. The fraction of sp³-hybridized carbons (Fsp3) is 0.423. The molecule has 2 fully saturated rings. The normalized spacial score (nSPS) is 20.3. The molecule has 2 aromatic rings. The molecule has 1 amide bonds. The summed E-state index contributed by atoms with van der Waals surface area (Å²) >= 11 is 0. The van der Waals surface area contributed by atoms with Crippen LogP contribution in [0.1, 0.15) is 33.3 Å². The molecule has 34 heavy (non-hydrogen) atoms. The third-order valence-electron chi connectivity index (χ3n) is 7.26. The number of ether oxygens (including phenoxy) is 2. The molecule has 2 aliphatic rings. The summed E-state index contributed by atoms with van der Waals surface area (Å²) in [5.74, 6) is 0.763. The van der Waals surface area contributed by atoms with Gasteiger partial charge >= 0.3 is 13.2 Å². The van der Waals surface area contributed by atoms with E-state index in [0.717, 1.165) is 22.1 Å². The lowest BCUT2D eigenvalue weighted by atomic mass is 9.74. The minimum Gasteiger partial charge on any atom is -0.497 e. The molecule has 2 aromatic carbocycles. The SMILES string of the molecule is COc1ccc(/C(B2OC(C)(C)C(C)(C)O2)=C(\N2CCOC2=O)[Si](C)(C)c2ccccc2)cc1. The number of carbonyl (C=O) groups is 1. The van der Waals surface area contributed by atoms with E-state index in [9.17, 15) is 4.79 Å². The number of hydrogen-bond acceptors (Lipinski definition) is 5. The van der Waals surface area contributed by atoms with Crippen LogP contribution in [0.3, 0.4) is 0 Å². The van der Waals surface area contributed by atoms with Crippen LogP contribution in [0.5, 0.6) is 5.75 Å². The van der Waals surface area contributed by atoms with Gasteiger partial charge in [0.1, 0.15) is 20.4 Å². The quantitative estimate of drug-likeness (QED) is 0.565. The minimum absolute atomic E-state index is 0.325. The van der Waals surface area contributed by atoms with Gasteiger partial charge < -0.3 is 18.8 Å². The van der Waals surface area contributed by atoms with Gasteiger partial charge in [-0.3, -0.25) is 4.90 Å².